The monoisotopic (exact) mass is 259 g/mol. The maximum Gasteiger partial charge on any atom is 0.00756 e. The van der Waals surface area contributed by atoms with Crippen LogP contribution in [-0.2, 0) is 11.8 Å². The summed E-state index contributed by atoms with van der Waals surface area (Å²) in [5.74, 6) is 0.737. The zero-order valence-electron chi connectivity index (χ0n) is 13.0. The average molecular weight is 259 g/mol. The second-order valence-electron chi connectivity index (χ2n) is 6.86. The Balaban J connectivity index is 2.13. The van der Waals surface area contributed by atoms with E-state index in [1.54, 1.807) is 5.56 Å². The molecule has 1 aliphatic rings. The van der Waals surface area contributed by atoms with E-state index in [-0.39, 0.29) is 0 Å². The summed E-state index contributed by atoms with van der Waals surface area (Å²) in [4.78, 5) is 0. The summed E-state index contributed by atoms with van der Waals surface area (Å²) in [5, 5.41) is 3.62. The lowest BCUT2D eigenvalue weighted by Gasteiger charge is -2.26. The van der Waals surface area contributed by atoms with E-state index in [2.05, 4.69) is 57.3 Å². The Morgan fingerprint density at radius 1 is 1.37 bits per heavy atom. The minimum absolute atomic E-state index is 0.375. The highest BCUT2D eigenvalue weighted by Crippen LogP contribution is 2.41. The highest BCUT2D eigenvalue weighted by atomic mass is 14.9. The topological polar surface area (TPSA) is 12.0 Å². The van der Waals surface area contributed by atoms with Gasteiger partial charge in [0.15, 0.2) is 0 Å². The first kappa shape index (κ1) is 14.6. The SMILES string of the molecule is CCNC1CCC(C)(c2cccc(CC(C)C)c2)C1. The van der Waals surface area contributed by atoms with E-state index in [1.807, 2.05) is 0 Å². The van der Waals surface area contributed by atoms with Crippen molar-refractivity contribution in [3.8, 4) is 0 Å². The number of benzene rings is 1. The Labute approximate surface area is 118 Å². The summed E-state index contributed by atoms with van der Waals surface area (Å²) in [6, 6.07) is 10.0. The third-order valence-corrected chi connectivity index (χ3v) is 4.50. The van der Waals surface area contributed by atoms with Gasteiger partial charge < -0.3 is 5.32 Å². The van der Waals surface area contributed by atoms with E-state index >= 15 is 0 Å². The molecule has 2 rings (SSSR count). The molecule has 1 saturated carbocycles. The predicted molar refractivity (Wildman–Crippen MR) is 83.7 cm³/mol. The van der Waals surface area contributed by atoms with Crippen LogP contribution in [0.3, 0.4) is 0 Å². The molecule has 1 nitrogen and oxygen atoms in total. The summed E-state index contributed by atoms with van der Waals surface area (Å²) in [7, 11) is 0. The summed E-state index contributed by atoms with van der Waals surface area (Å²) in [6.07, 6.45) is 5.11. The van der Waals surface area contributed by atoms with Crippen molar-refractivity contribution in [2.75, 3.05) is 6.54 Å². The molecule has 0 bridgehead atoms. The molecule has 2 atom stereocenters. The highest BCUT2D eigenvalue weighted by Gasteiger charge is 2.36. The Morgan fingerprint density at radius 3 is 2.84 bits per heavy atom. The van der Waals surface area contributed by atoms with Crippen molar-refractivity contribution in [1.29, 1.82) is 0 Å². The van der Waals surface area contributed by atoms with E-state index in [0.29, 0.717) is 11.5 Å². The van der Waals surface area contributed by atoms with Crippen LogP contribution >= 0.6 is 0 Å². The molecular formula is C18H29N. The van der Waals surface area contributed by atoms with E-state index in [4.69, 9.17) is 0 Å². The summed E-state index contributed by atoms with van der Waals surface area (Å²) in [6.45, 7) is 10.3. The molecule has 0 spiro atoms. The third-order valence-electron chi connectivity index (χ3n) is 4.50. The molecule has 0 amide bonds. The first-order valence-electron chi connectivity index (χ1n) is 7.86. The second-order valence-corrected chi connectivity index (χ2v) is 6.86. The molecule has 0 aromatic heterocycles. The van der Waals surface area contributed by atoms with Crippen LogP contribution in [0.1, 0.15) is 58.1 Å². The lowest BCUT2D eigenvalue weighted by molar-refractivity contribution is 0.457. The van der Waals surface area contributed by atoms with Gasteiger partial charge in [0.2, 0.25) is 0 Å². The van der Waals surface area contributed by atoms with Crippen LogP contribution in [0.4, 0.5) is 0 Å². The zero-order valence-corrected chi connectivity index (χ0v) is 13.0. The Bertz CT molecular complexity index is 410. The van der Waals surface area contributed by atoms with Crippen LogP contribution in [0.5, 0.6) is 0 Å². The maximum absolute atomic E-state index is 3.62. The quantitative estimate of drug-likeness (QED) is 0.831. The fourth-order valence-electron chi connectivity index (χ4n) is 3.51. The van der Waals surface area contributed by atoms with E-state index in [0.717, 1.165) is 12.5 Å². The van der Waals surface area contributed by atoms with Crippen LogP contribution < -0.4 is 5.32 Å². The molecule has 0 saturated heterocycles. The lowest BCUT2D eigenvalue weighted by atomic mass is 9.80. The molecular weight excluding hydrogens is 230 g/mol. The fourth-order valence-corrected chi connectivity index (χ4v) is 3.51. The Kier molecular flexibility index (Phi) is 4.67. The normalized spacial score (nSPS) is 27.1. The van der Waals surface area contributed by atoms with Crippen molar-refractivity contribution >= 4 is 0 Å². The molecule has 1 aromatic carbocycles. The summed E-state index contributed by atoms with van der Waals surface area (Å²) < 4.78 is 0. The van der Waals surface area contributed by atoms with Crippen LogP contribution in [0.25, 0.3) is 0 Å². The molecule has 0 radical (unpaired) electrons. The first-order chi connectivity index (χ1) is 9.03. The molecule has 106 valence electrons. The molecule has 19 heavy (non-hydrogen) atoms. The van der Waals surface area contributed by atoms with Gasteiger partial charge in [0.25, 0.3) is 0 Å². The van der Waals surface area contributed by atoms with Gasteiger partial charge >= 0.3 is 0 Å². The molecule has 0 aliphatic heterocycles. The predicted octanol–water partition coefficient (Wildman–Crippen LogP) is 4.30. The van der Waals surface area contributed by atoms with Crippen molar-refractivity contribution in [2.24, 2.45) is 5.92 Å². The molecule has 1 aromatic rings. The number of nitrogens with one attached hydrogen (secondary N) is 1. The van der Waals surface area contributed by atoms with Gasteiger partial charge in [-0.15, -0.1) is 0 Å². The van der Waals surface area contributed by atoms with E-state index < -0.39 is 0 Å². The molecule has 1 fully saturated rings. The van der Waals surface area contributed by atoms with Crippen molar-refractivity contribution in [1.82, 2.24) is 5.32 Å². The van der Waals surface area contributed by atoms with Gasteiger partial charge in [-0.1, -0.05) is 52.0 Å². The summed E-state index contributed by atoms with van der Waals surface area (Å²) in [5.41, 5.74) is 3.42. The Morgan fingerprint density at radius 2 is 2.16 bits per heavy atom. The maximum atomic E-state index is 3.62. The van der Waals surface area contributed by atoms with Gasteiger partial charge in [-0.25, -0.2) is 0 Å². The van der Waals surface area contributed by atoms with E-state index in [1.165, 1.54) is 31.2 Å². The highest BCUT2D eigenvalue weighted by molar-refractivity contribution is 5.31. The lowest BCUT2D eigenvalue weighted by Crippen LogP contribution is -2.28. The van der Waals surface area contributed by atoms with E-state index in [9.17, 15) is 0 Å². The smallest absolute Gasteiger partial charge is 0.00756 e. The number of hydrogen-bond donors (Lipinski definition) is 1. The van der Waals surface area contributed by atoms with Crippen LogP contribution in [0, 0.1) is 5.92 Å². The van der Waals surface area contributed by atoms with Crippen molar-refractivity contribution in [2.45, 2.75) is 64.8 Å². The minimum atomic E-state index is 0.375. The number of rotatable bonds is 5. The van der Waals surface area contributed by atoms with Crippen molar-refractivity contribution in [3.05, 3.63) is 35.4 Å². The second kappa shape index (κ2) is 6.09. The van der Waals surface area contributed by atoms with Crippen LogP contribution in [-0.4, -0.2) is 12.6 Å². The average Bonchev–Trinajstić information content (AvgIpc) is 2.72. The standard InChI is InChI=1S/C18H29N/c1-5-19-17-9-10-18(4,13-17)16-8-6-7-15(12-16)11-14(2)3/h6-8,12,14,17,19H,5,9-11,13H2,1-4H3. The molecule has 0 heterocycles. The fraction of sp³-hybridized carbons (Fsp3) is 0.667. The molecule has 1 heteroatoms. The van der Waals surface area contributed by atoms with Crippen LogP contribution in [0.2, 0.25) is 0 Å². The molecule has 1 N–H and O–H groups in total. The number of hydrogen-bond acceptors (Lipinski definition) is 1. The van der Waals surface area contributed by atoms with Gasteiger partial charge in [0, 0.05) is 6.04 Å². The van der Waals surface area contributed by atoms with Gasteiger partial charge in [-0.05, 0) is 54.7 Å². The van der Waals surface area contributed by atoms with Gasteiger partial charge in [0.05, 0.1) is 0 Å². The molecule has 2 unspecified atom stereocenters. The summed E-state index contributed by atoms with van der Waals surface area (Å²) >= 11 is 0. The van der Waals surface area contributed by atoms with Gasteiger partial charge in [-0.2, -0.15) is 0 Å². The van der Waals surface area contributed by atoms with Crippen LogP contribution in [0.15, 0.2) is 24.3 Å². The van der Waals surface area contributed by atoms with Gasteiger partial charge in [0.1, 0.15) is 0 Å². The molecule has 1 aliphatic carbocycles. The van der Waals surface area contributed by atoms with Crippen molar-refractivity contribution < 1.29 is 0 Å². The van der Waals surface area contributed by atoms with Crippen molar-refractivity contribution in [3.63, 3.8) is 0 Å². The first-order valence-corrected chi connectivity index (χ1v) is 7.86. The minimum Gasteiger partial charge on any atom is -0.314 e. The zero-order chi connectivity index (χ0) is 13.9. The van der Waals surface area contributed by atoms with Gasteiger partial charge in [-0.3, -0.25) is 0 Å². The third kappa shape index (κ3) is 3.60. The largest absolute Gasteiger partial charge is 0.314 e. The Hall–Kier alpha value is -0.820.